The molecule has 0 fully saturated rings. The number of hydrogen-bond acceptors (Lipinski definition) is 4. The standard InChI is InChI=1S/C18H18N2O2/c1-11-5-7-13(8-6-11)18-14-9-16(21-3)17(22-4)10-15(14)19-12(2)20-18/h5-10H,1-4H3. The van der Waals surface area contributed by atoms with Crippen LogP contribution in [0.3, 0.4) is 0 Å². The van der Waals surface area contributed by atoms with E-state index in [-0.39, 0.29) is 0 Å². The summed E-state index contributed by atoms with van der Waals surface area (Å²) in [5.41, 5.74) is 4.04. The predicted molar refractivity (Wildman–Crippen MR) is 87.6 cm³/mol. The van der Waals surface area contributed by atoms with Crippen molar-refractivity contribution in [3.05, 3.63) is 47.8 Å². The third kappa shape index (κ3) is 2.48. The molecule has 0 atom stereocenters. The first-order valence-corrected chi connectivity index (χ1v) is 7.10. The van der Waals surface area contributed by atoms with Gasteiger partial charge in [-0.1, -0.05) is 29.8 Å². The number of ether oxygens (including phenoxy) is 2. The van der Waals surface area contributed by atoms with Gasteiger partial charge in [-0.15, -0.1) is 0 Å². The predicted octanol–water partition coefficient (Wildman–Crippen LogP) is 3.93. The van der Waals surface area contributed by atoms with Gasteiger partial charge in [-0.3, -0.25) is 0 Å². The van der Waals surface area contributed by atoms with Gasteiger partial charge < -0.3 is 9.47 Å². The Labute approximate surface area is 129 Å². The first kappa shape index (κ1) is 14.3. The zero-order chi connectivity index (χ0) is 15.7. The van der Waals surface area contributed by atoms with Crippen molar-refractivity contribution in [3.8, 4) is 22.8 Å². The van der Waals surface area contributed by atoms with Crippen LogP contribution in [0.15, 0.2) is 36.4 Å². The Hall–Kier alpha value is -2.62. The summed E-state index contributed by atoms with van der Waals surface area (Å²) in [6.45, 7) is 3.97. The fourth-order valence-corrected chi connectivity index (χ4v) is 2.50. The Morgan fingerprint density at radius 3 is 2.09 bits per heavy atom. The second-order valence-electron chi connectivity index (χ2n) is 5.21. The lowest BCUT2D eigenvalue weighted by molar-refractivity contribution is 0.356. The molecule has 4 nitrogen and oxygen atoms in total. The van der Waals surface area contributed by atoms with Crippen molar-refractivity contribution in [3.63, 3.8) is 0 Å². The van der Waals surface area contributed by atoms with Gasteiger partial charge in [-0.25, -0.2) is 9.97 Å². The number of aryl methyl sites for hydroxylation is 2. The van der Waals surface area contributed by atoms with E-state index >= 15 is 0 Å². The molecule has 0 aliphatic carbocycles. The fourth-order valence-electron chi connectivity index (χ4n) is 2.50. The maximum absolute atomic E-state index is 5.40. The molecular formula is C18H18N2O2. The Morgan fingerprint density at radius 2 is 1.45 bits per heavy atom. The van der Waals surface area contributed by atoms with Crippen molar-refractivity contribution in [2.75, 3.05) is 14.2 Å². The summed E-state index contributed by atoms with van der Waals surface area (Å²) >= 11 is 0. The molecule has 0 saturated heterocycles. The SMILES string of the molecule is COc1cc2nc(C)nc(-c3ccc(C)cc3)c2cc1OC. The molecule has 2 aromatic carbocycles. The summed E-state index contributed by atoms with van der Waals surface area (Å²) < 4.78 is 10.8. The molecule has 0 saturated carbocycles. The van der Waals surface area contributed by atoms with Gasteiger partial charge in [-0.05, 0) is 19.9 Å². The van der Waals surface area contributed by atoms with Gasteiger partial charge in [0.1, 0.15) is 5.82 Å². The van der Waals surface area contributed by atoms with Crippen LogP contribution in [0.5, 0.6) is 11.5 Å². The van der Waals surface area contributed by atoms with Crippen molar-refractivity contribution < 1.29 is 9.47 Å². The minimum Gasteiger partial charge on any atom is -0.493 e. The highest BCUT2D eigenvalue weighted by atomic mass is 16.5. The molecule has 4 heteroatoms. The van der Waals surface area contributed by atoms with Crippen LogP contribution in [0.1, 0.15) is 11.4 Å². The molecule has 0 amide bonds. The van der Waals surface area contributed by atoms with Gasteiger partial charge in [0, 0.05) is 17.0 Å². The average Bonchev–Trinajstić information content (AvgIpc) is 2.53. The Kier molecular flexibility index (Phi) is 3.67. The molecule has 0 N–H and O–H groups in total. The Morgan fingerprint density at radius 1 is 0.818 bits per heavy atom. The van der Waals surface area contributed by atoms with Crippen LogP contribution in [0.2, 0.25) is 0 Å². The number of rotatable bonds is 3. The van der Waals surface area contributed by atoms with Crippen LogP contribution < -0.4 is 9.47 Å². The van der Waals surface area contributed by atoms with Crippen LogP contribution >= 0.6 is 0 Å². The summed E-state index contributed by atoms with van der Waals surface area (Å²) in [6.07, 6.45) is 0. The monoisotopic (exact) mass is 294 g/mol. The minimum absolute atomic E-state index is 0.669. The van der Waals surface area contributed by atoms with E-state index in [1.807, 2.05) is 19.1 Å². The van der Waals surface area contributed by atoms with Crippen LogP contribution in [-0.2, 0) is 0 Å². The molecule has 0 aliphatic rings. The van der Waals surface area contributed by atoms with Gasteiger partial charge in [0.25, 0.3) is 0 Å². The van der Waals surface area contributed by atoms with Crippen molar-refractivity contribution in [2.24, 2.45) is 0 Å². The van der Waals surface area contributed by atoms with Gasteiger partial charge >= 0.3 is 0 Å². The molecule has 3 rings (SSSR count). The second kappa shape index (κ2) is 5.64. The largest absolute Gasteiger partial charge is 0.493 e. The number of benzene rings is 2. The lowest BCUT2D eigenvalue weighted by Gasteiger charge is -2.12. The minimum atomic E-state index is 0.669. The molecule has 1 aromatic heterocycles. The van der Waals surface area contributed by atoms with Crippen molar-refractivity contribution >= 4 is 10.9 Å². The van der Waals surface area contributed by atoms with E-state index in [9.17, 15) is 0 Å². The zero-order valence-corrected chi connectivity index (χ0v) is 13.2. The van der Waals surface area contributed by atoms with Crippen LogP contribution in [-0.4, -0.2) is 24.2 Å². The molecule has 112 valence electrons. The van der Waals surface area contributed by atoms with Crippen LogP contribution in [0.4, 0.5) is 0 Å². The van der Waals surface area contributed by atoms with E-state index in [0.29, 0.717) is 11.5 Å². The van der Waals surface area contributed by atoms with Gasteiger partial charge in [-0.2, -0.15) is 0 Å². The highest BCUT2D eigenvalue weighted by Gasteiger charge is 2.13. The summed E-state index contributed by atoms with van der Waals surface area (Å²) in [4.78, 5) is 9.14. The molecule has 0 bridgehead atoms. The zero-order valence-electron chi connectivity index (χ0n) is 13.2. The molecule has 22 heavy (non-hydrogen) atoms. The van der Waals surface area contributed by atoms with E-state index < -0.39 is 0 Å². The highest BCUT2D eigenvalue weighted by molar-refractivity contribution is 5.94. The van der Waals surface area contributed by atoms with E-state index in [1.165, 1.54) is 5.56 Å². The van der Waals surface area contributed by atoms with E-state index in [0.717, 1.165) is 28.0 Å². The summed E-state index contributed by atoms with van der Waals surface area (Å²) in [5.74, 6) is 2.08. The highest BCUT2D eigenvalue weighted by Crippen LogP contribution is 2.35. The molecule has 0 unspecified atom stereocenters. The van der Waals surface area contributed by atoms with Crippen molar-refractivity contribution in [1.82, 2.24) is 9.97 Å². The molecule has 0 spiro atoms. The van der Waals surface area contributed by atoms with Gasteiger partial charge in [0.15, 0.2) is 11.5 Å². The molecule has 0 aliphatic heterocycles. The quantitative estimate of drug-likeness (QED) is 0.734. The van der Waals surface area contributed by atoms with E-state index in [4.69, 9.17) is 9.47 Å². The maximum atomic E-state index is 5.40. The third-order valence-electron chi connectivity index (χ3n) is 3.64. The molecule has 1 heterocycles. The Balaban J connectivity index is 2.31. The molecule has 0 radical (unpaired) electrons. The number of aromatic nitrogens is 2. The summed E-state index contributed by atoms with van der Waals surface area (Å²) in [6, 6.07) is 12.1. The van der Waals surface area contributed by atoms with Crippen molar-refractivity contribution in [2.45, 2.75) is 13.8 Å². The third-order valence-corrected chi connectivity index (χ3v) is 3.64. The first-order valence-electron chi connectivity index (χ1n) is 7.10. The van der Waals surface area contributed by atoms with Crippen LogP contribution in [0.25, 0.3) is 22.2 Å². The van der Waals surface area contributed by atoms with Gasteiger partial charge in [0.2, 0.25) is 0 Å². The summed E-state index contributed by atoms with van der Waals surface area (Å²) in [5, 5.41) is 0.951. The van der Waals surface area contributed by atoms with Crippen LogP contribution in [0, 0.1) is 13.8 Å². The topological polar surface area (TPSA) is 44.2 Å². The van der Waals surface area contributed by atoms with E-state index in [1.54, 1.807) is 14.2 Å². The number of methoxy groups -OCH3 is 2. The fraction of sp³-hybridized carbons (Fsp3) is 0.222. The number of hydrogen-bond donors (Lipinski definition) is 0. The van der Waals surface area contributed by atoms with Crippen molar-refractivity contribution in [1.29, 1.82) is 0 Å². The summed E-state index contributed by atoms with van der Waals surface area (Å²) in [7, 11) is 3.25. The number of fused-ring (bicyclic) bond motifs is 1. The molecule has 3 aromatic rings. The lowest BCUT2D eigenvalue weighted by atomic mass is 10.0. The Bertz CT molecular complexity index is 827. The average molecular weight is 294 g/mol. The second-order valence-corrected chi connectivity index (χ2v) is 5.21. The lowest BCUT2D eigenvalue weighted by Crippen LogP contribution is -1.97. The maximum Gasteiger partial charge on any atom is 0.162 e. The smallest absolute Gasteiger partial charge is 0.162 e. The number of nitrogens with zero attached hydrogens (tertiary/aromatic N) is 2. The normalized spacial score (nSPS) is 10.7. The van der Waals surface area contributed by atoms with E-state index in [2.05, 4.69) is 41.2 Å². The first-order chi connectivity index (χ1) is 10.6. The van der Waals surface area contributed by atoms with Gasteiger partial charge in [0.05, 0.1) is 25.4 Å². The molecular weight excluding hydrogens is 276 g/mol.